The predicted octanol–water partition coefficient (Wildman–Crippen LogP) is 4.31. The SMILES string of the molecule is CCOP(=O)(OCC)C(F)(F)c1cccc(C)c1. The van der Waals surface area contributed by atoms with E-state index < -0.39 is 13.3 Å². The second-order valence-electron chi connectivity index (χ2n) is 3.74. The molecule has 0 radical (unpaired) electrons. The van der Waals surface area contributed by atoms with E-state index in [0.29, 0.717) is 5.56 Å². The summed E-state index contributed by atoms with van der Waals surface area (Å²) in [4.78, 5) is 0. The zero-order valence-electron chi connectivity index (χ0n) is 10.7. The topological polar surface area (TPSA) is 35.5 Å². The molecule has 1 aromatic rings. The van der Waals surface area contributed by atoms with Crippen LogP contribution in [0.15, 0.2) is 24.3 Å². The summed E-state index contributed by atoms with van der Waals surface area (Å²) in [5, 5.41) is 0. The molecule has 0 aliphatic heterocycles. The molecule has 0 aromatic heterocycles. The third-order valence-corrected chi connectivity index (χ3v) is 4.45. The van der Waals surface area contributed by atoms with Gasteiger partial charge in [-0.1, -0.05) is 23.8 Å². The molecule has 102 valence electrons. The molecule has 0 N–H and O–H groups in total. The second kappa shape index (κ2) is 5.91. The van der Waals surface area contributed by atoms with E-state index >= 15 is 0 Å². The summed E-state index contributed by atoms with van der Waals surface area (Å²) in [6.07, 6.45) is 0. The molecule has 0 saturated carbocycles. The van der Waals surface area contributed by atoms with E-state index in [4.69, 9.17) is 9.05 Å². The highest BCUT2D eigenvalue weighted by Gasteiger charge is 2.54. The highest BCUT2D eigenvalue weighted by Crippen LogP contribution is 2.66. The van der Waals surface area contributed by atoms with Crippen molar-refractivity contribution in [2.45, 2.75) is 26.4 Å². The molecule has 6 heteroatoms. The molecule has 0 aliphatic carbocycles. The minimum Gasteiger partial charge on any atom is -0.304 e. The standard InChI is InChI=1S/C12H17F2O3P/c1-4-16-18(15,17-5-2)12(13,14)11-8-6-7-10(3)9-11/h6-9H,4-5H2,1-3H3. The Labute approximate surface area is 106 Å². The Kier molecular flexibility index (Phi) is 5.02. The second-order valence-corrected chi connectivity index (χ2v) is 5.82. The van der Waals surface area contributed by atoms with Crippen LogP contribution in [0.25, 0.3) is 0 Å². The number of hydrogen-bond acceptors (Lipinski definition) is 3. The van der Waals surface area contributed by atoms with E-state index in [0.717, 1.165) is 0 Å². The van der Waals surface area contributed by atoms with Crippen LogP contribution >= 0.6 is 7.60 Å². The van der Waals surface area contributed by atoms with Gasteiger partial charge in [0.15, 0.2) is 0 Å². The molecule has 0 bridgehead atoms. The van der Waals surface area contributed by atoms with Gasteiger partial charge < -0.3 is 9.05 Å². The number of aryl methyl sites for hydroxylation is 1. The van der Waals surface area contributed by atoms with Gasteiger partial charge in [0, 0.05) is 5.56 Å². The van der Waals surface area contributed by atoms with Gasteiger partial charge in [-0.25, -0.2) is 0 Å². The Morgan fingerprint density at radius 1 is 1.22 bits per heavy atom. The van der Waals surface area contributed by atoms with Crippen molar-refractivity contribution < 1.29 is 22.4 Å². The molecule has 0 unspecified atom stereocenters. The normalized spacial score (nSPS) is 12.7. The lowest BCUT2D eigenvalue weighted by molar-refractivity contribution is 0.0360. The van der Waals surface area contributed by atoms with Crippen LogP contribution < -0.4 is 0 Å². The van der Waals surface area contributed by atoms with Gasteiger partial charge in [-0.3, -0.25) is 4.57 Å². The maximum absolute atomic E-state index is 14.2. The fourth-order valence-corrected chi connectivity index (χ4v) is 3.06. The van der Waals surface area contributed by atoms with Crippen LogP contribution in [-0.4, -0.2) is 13.2 Å². The quantitative estimate of drug-likeness (QED) is 0.727. The molecular weight excluding hydrogens is 261 g/mol. The number of halogens is 2. The fourth-order valence-electron chi connectivity index (χ4n) is 1.53. The molecule has 0 fully saturated rings. The summed E-state index contributed by atoms with van der Waals surface area (Å²) in [5.41, 5.74) is -3.34. The van der Waals surface area contributed by atoms with Gasteiger partial charge in [-0.2, -0.15) is 8.78 Å². The van der Waals surface area contributed by atoms with E-state index in [1.54, 1.807) is 13.0 Å². The molecule has 1 aromatic carbocycles. The first kappa shape index (κ1) is 15.3. The van der Waals surface area contributed by atoms with Gasteiger partial charge in [0.2, 0.25) is 0 Å². The van der Waals surface area contributed by atoms with Crippen LogP contribution in [0.5, 0.6) is 0 Å². The molecule has 18 heavy (non-hydrogen) atoms. The van der Waals surface area contributed by atoms with E-state index in [1.807, 2.05) is 0 Å². The fraction of sp³-hybridized carbons (Fsp3) is 0.500. The summed E-state index contributed by atoms with van der Waals surface area (Å²) >= 11 is 0. The van der Waals surface area contributed by atoms with Crippen molar-refractivity contribution in [3.8, 4) is 0 Å². The van der Waals surface area contributed by atoms with Gasteiger partial charge in [-0.15, -0.1) is 0 Å². The Bertz CT molecular complexity index is 439. The third-order valence-electron chi connectivity index (χ3n) is 2.31. The summed E-state index contributed by atoms with van der Waals surface area (Å²) in [6, 6.07) is 5.68. The van der Waals surface area contributed by atoms with Gasteiger partial charge >= 0.3 is 13.3 Å². The van der Waals surface area contributed by atoms with Crippen LogP contribution in [0.1, 0.15) is 25.0 Å². The van der Waals surface area contributed by atoms with Crippen LogP contribution in [0, 0.1) is 6.92 Å². The van der Waals surface area contributed by atoms with Crippen LogP contribution in [0.3, 0.4) is 0 Å². The van der Waals surface area contributed by atoms with E-state index in [-0.39, 0.29) is 18.8 Å². The van der Waals surface area contributed by atoms with Crippen LogP contribution in [0.2, 0.25) is 0 Å². The van der Waals surface area contributed by atoms with Gasteiger partial charge in [0.1, 0.15) is 0 Å². The van der Waals surface area contributed by atoms with Crippen LogP contribution in [0.4, 0.5) is 8.78 Å². The molecular formula is C12H17F2O3P. The lowest BCUT2D eigenvalue weighted by atomic mass is 10.1. The molecule has 0 spiro atoms. The van der Waals surface area contributed by atoms with E-state index in [1.165, 1.54) is 32.0 Å². The lowest BCUT2D eigenvalue weighted by Gasteiger charge is -2.26. The van der Waals surface area contributed by atoms with Crippen molar-refractivity contribution in [1.82, 2.24) is 0 Å². The van der Waals surface area contributed by atoms with Crippen molar-refractivity contribution in [1.29, 1.82) is 0 Å². The Balaban J connectivity index is 3.20. The third kappa shape index (κ3) is 2.97. The van der Waals surface area contributed by atoms with Crippen molar-refractivity contribution in [2.24, 2.45) is 0 Å². The maximum atomic E-state index is 14.2. The van der Waals surface area contributed by atoms with Crippen molar-refractivity contribution >= 4 is 7.60 Å². The van der Waals surface area contributed by atoms with Gasteiger partial charge in [-0.05, 0) is 26.8 Å². The minimum absolute atomic E-state index is 0.0985. The Morgan fingerprint density at radius 3 is 2.22 bits per heavy atom. The highest BCUT2D eigenvalue weighted by molar-refractivity contribution is 7.54. The number of hydrogen-bond donors (Lipinski definition) is 0. The number of rotatable bonds is 6. The molecule has 0 amide bonds. The smallest absolute Gasteiger partial charge is 0.304 e. The average Bonchev–Trinajstić information content (AvgIpc) is 2.29. The number of alkyl halides is 2. The van der Waals surface area contributed by atoms with Gasteiger partial charge in [0.05, 0.1) is 13.2 Å². The molecule has 1 rings (SSSR count). The predicted molar refractivity (Wildman–Crippen MR) is 65.9 cm³/mol. The van der Waals surface area contributed by atoms with Crippen molar-refractivity contribution in [2.75, 3.05) is 13.2 Å². The maximum Gasteiger partial charge on any atom is 0.404 e. The van der Waals surface area contributed by atoms with Crippen molar-refractivity contribution in [3.63, 3.8) is 0 Å². The first-order valence-corrected chi connectivity index (χ1v) is 7.25. The Hall–Kier alpha value is -0.770. The first-order chi connectivity index (χ1) is 8.37. The summed E-state index contributed by atoms with van der Waals surface area (Å²) in [5.74, 6) is 0. The molecule has 0 heterocycles. The molecule has 3 nitrogen and oxygen atoms in total. The monoisotopic (exact) mass is 278 g/mol. The summed E-state index contributed by atoms with van der Waals surface area (Å²) < 4.78 is 50.1. The largest absolute Gasteiger partial charge is 0.404 e. The van der Waals surface area contributed by atoms with Gasteiger partial charge in [0.25, 0.3) is 0 Å². The minimum atomic E-state index is -4.50. The zero-order chi connectivity index (χ0) is 13.8. The number of benzene rings is 1. The zero-order valence-corrected chi connectivity index (χ0v) is 11.5. The summed E-state index contributed by atoms with van der Waals surface area (Å²) in [6.45, 7) is 4.49. The average molecular weight is 278 g/mol. The van der Waals surface area contributed by atoms with E-state index in [9.17, 15) is 13.3 Å². The summed E-state index contributed by atoms with van der Waals surface area (Å²) in [7, 11) is -4.50. The molecule has 0 atom stereocenters. The molecule has 0 saturated heterocycles. The first-order valence-electron chi connectivity index (χ1n) is 5.71. The van der Waals surface area contributed by atoms with Crippen LogP contribution in [-0.2, 0) is 19.3 Å². The van der Waals surface area contributed by atoms with E-state index in [2.05, 4.69) is 0 Å². The highest BCUT2D eigenvalue weighted by atomic mass is 31.2. The molecule has 0 aliphatic rings. The Morgan fingerprint density at radius 2 is 1.78 bits per heavy atom. The lowest BCUT2D eigenvalue weighted by Crippen LogP contribution is -2.18. The van der Waals surface area contributed by atoms with Crippen molar-refractivity contribution in [3.05, 3.63) is 35.4 Å².